The van der Waals surface area contributed by atoms with E-state index in [0.29, 0.717) is 17.3 Å². The topological polar surface area (TPSA) is 30.5 Å². The Balaban J connectivity index is 2.09. The summed E-state index contributed by atoms with van der Waals surface area (Å²) >= 11 is 5.90. The van der Waals surface area contributed by atoms with Crippen molar-refractivity contribution in [3.8, 4) is 11.5 Å². The normalized spacial score (nSPS) is 10.5. The standard InChI is InChI=1S/C15H14ClF2NO2/c1-20-13-6-5-12(8-14(13)21-15(17)18)19-9-10-3-2-4-11(16)7-10/h2-8,15,19H,9H2,1H3. The summed E-state index contributed by atoms with van der Waals surface area (Å²) < 4.78 is 34.1. The average molecular weight is 314 g/mol. The zero-order valence-electron chi connectivity index (χ0n) is 11.3. The second-order valence-electron chi connectivity index (χ2n) is 4.23. The van der Waals surface area contributed by atoms with E-state index in [0.717, 1.165) is 5.56 Å². The molecule has 0 aliphatic rings. The van der Waals surface area contributed by atoms with E-state index in [9.17, 15) is 8.78 Å². The van der Waals surface area contributed by atoms with Crippen molar-refractivity contribution < 1.29 is 18.3 Å². The minimum absolute atomic E-state index is 0.0106. The van der Waals surface area contributed by atoms with Crippen molar-refractivity contribution in [3.05, 3.63) is 53.1 Å². The summed E-state index contributed by atoms with van der Waals surface area (Å²) in [5.74, 6) is 0.243. The highest BCUT2D eigenvalue weighted by Crippen LogP contribution is 2.31. The molecule has 21 heavy (non-hydrogen) atoms. The van der Waals surface area contributed by atoms with Crippen molar-refractivity contribution in [1.82, 2.24) is 0 Å². The molecule has 0 unspecified atom stereocenters. The Morgan fingerprint density at radius 2 is 1.95 bits per heavy atom. The maximum absolute atomic E-state index is 12.4. The highest BCUT2D eigenvalue weighted by atomic mass is 35.5. The summed E-state index contributed by atoms with van der Waals surface area (Å²) in [4.78, 5) is 0. The van der Waals surface area contributed by atoms with Gasteiger partial charge in [0.1, 0.15) is 0 Å². The van der Waals surface area contributed by atoms with E-state index < -0.39 is 6.61 Å². The van der Waals surface area contributed by atoms with Crippen molar-refractivity contribution >= 4 is 17.3 Å². The molecule has 0 aliphatic carbocycles. The zero-order valence-corrected chi connectivity index (χ0v) is 12.0. The Labute approximate surface area is 126 Å². The molecule has 0 aliphatic heterocycles. The smallest absolute Gasteiger partial charge is 0.387 e. The number of halogens is 3. The SMILES string of the molecule is COc1ccc(NCc2cccc(Cl)c2)cc1OC(F)F. The minimum atomic E-state index is -2.90. The van der Waals surface area contributed by atoms with Crippen LogP contribution in [0.3, 0.4) is 0 Å². The molecule has 0 heterocycles. The lowest BCUT2D eigenvalue weighted by Gasteiger charge is -2.13. The number of hydrogen-bond donors (Lipinski definition) is 1. The van der Waals surface area contributed by atoms with Gasteiger partial charge in [0.05, 0.1) is 7.11 Å². The molecule has 6 heteroatoms. The van der Waals surface area contributed by atoms with E-state index in [2.05, 4.69) is 10.1 Å². The summed E-state index contributed by atoms with van der Waals surface area (Å²) in [5.41, 5.74) is 1.63. The van der Waals surface area contributed by atoms with Crippen LogP contribution in [-0.4, -0.2) is 13.7 Å². The van der Waals surface area contributed by atoms with Crippen molar-refractivity contribution in [2.75, 3.05) is 12.4 Å². The Bertz CT molecular complexity index is 608. The van der Waals surface area contributed by atoms with Gasteiger partial charge in [0.2, 0.25) is 0 Å². The third-order valence-electron chi connectivity index (χ3n) is 2.77. The van der Waals surface area contributed by atoms with Gasteiger partial charge in [0, 0.05) is 23.3 Å². The molecule has 1 N–H and O–H groups in total. The maximum atomic E-state index is 12.4. The van der Waals surface area contributed by atoms with Crippen molar-refractivity contribution in [2.45, 2.75) is 13.2 Å². The van der Waals surface area contributed by atoms with Crippen LogP contribution in [0.25, 0.3) is 0 Å². The minimum Gasteiger partial charge on any atom is -0.493 e. The first-order valence-corrected chi connectivity index (χ1v) is 6.57. The lowest BCUT2D eigenvalue weighted by atomic mass is 10.2. The van der Waals surface area contributed by atoms with E-state index in [-0.39, 0.29) is 11.5 Å². The second kappa shape index (κ2) is 7.13. The summed E-state index contributed by atoms with van der Waals surface area (Å²) in [5, 5.41) is 3.76. The maximum Gasteiger partial charge on any atom is 0.387 e. The molecule has 2 rings (SSSR count). The molecule has 2 aromatic rings. The molecule has 112 valence electrons. The molecule has 0 saturated carbocycles. The molecule has 0 atom stereocenters. The Morgan fingerprint density at radius 3 is 2.62 bits per heavy atom. The van der Waals surface area contributed by atoms with Crippen LogP contribution in [0.1, 0.15) is 5.56 Å². The van der Waals surface area contributed by atoms with Crippen LogP contribution in [0, 0.1) is 0 Å². The van der Waals surface area contributed by atoms with Crippen molar-refractivity contribution in [3.63, 3.8) is 0 Å². The lowest BCUT2D eigenvalue weighted by molar-refractivity contribution is -0.0511. The van der Waals surface area contributed by atoms with Crippen molar-refractivity contribution in [1.29, 1.82) is 0 Å². The summed E-state index contributed by atoms with van der Waals surface area (Å²) in [6, 6.07) is 12.1. The zero-order chi connectivity index (χ0) is 15.2. The van der Waals surface area contributed by atoms with Crippen LogP contribution in [0.5, 0.6) is 11.5 Å². The van der Waals surface area contributed by atoms with E-state index in [1.54, 1.807) is 18.2 Å². The molecule has 0 amide bonds. The Hall–Kier alpha value is -2.01. The molecule has 0 bridgehead atoms. The summed E-state index contributed by atoms with van der Waals surface area (Å²) in [7, 11) is 1.40. The molecule has 0 fully saturated rings. The first-order valence-electron chi connectivity index (χ1n) is 6.19. The summed E-state index contributed by atoms with van der Waals surface area (Å²) in [6.07, 6.45) is 0. The first-order chi connectivity index (χ1) is 10.1. The van der Waals surface area contributed by atoms with E-state index in [1.807, 2.05) is 18.2 Å². The summed E-state index contributed by atoms with van der Waals surface area (Å²) in [6.45, 7) is -2.39. The van der Waals surface area contributed by atoms with Crippen LogP contribution in [-0.2, 0) is 6.54 Å². The third-order valence-corrected chi connectivity index (χ3v) is 3.00. The molecule has 2 aromatic carbocycles. The van der Waals surface area contributed by atoms with Gasteiger partial charge in [-0.3, -0.25) is 0 Å². The van der Waals surface area contributed by atoms with Gasteiger partial charge in [-0.25, -0.2) is 0 Å². The number of alkyl halides is 2. The Morgan fingerprint density at radius 1 is 1.14 bits per heavy atom. The van der Waals surface area contributed by atoms with Gasteiger partial charge < -0.3 is 14.8 Å². The van der Waals surface area contributed by atoms with Crippen LogP contribution in [0.2, 0.25) is 5.02 Å². The van der Waals surface area contributed by atoms with Crippen molar-refractivity contribution in [2.24, 2.45) is 0 Å². The quantitative estimate of drug-likeness (QED) is 0.848. The molecule has 0 spiro atoms. The molecule has 0 saturated heterocycles. The number of nitrogens with one attached hydrogen (secondary N) is 1. The van der Waals surface area contributed by atoms with Crippen LogP contribution < -0.4 is 14.8 Å². The second-order valence-corrected chi connectivity index (χ2v) is 4.66. The molecule has 0 radical (unpaired) electrons. The molecular weight excluding hydrogens is 300 g/mol. The number of ether oxygens (including phenoxy) is 2. The number of benzene rings is 2. The highest BCUT2D eigenvalue weighted by Gasteiger charge is 2.11. The van der Waals surface area contributed by atoms with Gasteiger partial charge in [-0.05, 0) is 29.8 Å². The van der Waals surface area contributed by atoms with Crippen LogP contribution in [0.4, 0.5) is 14.5 Å². The fraction of sp³-hybridized carbons (Fsp3) is 0.200. The predicted molar refractivity (Wildman–Crippen MR) is 78.4 cm³/mol. The predicted octanol–water partition coefficient (Wildman–Crippen LogP) is 4.56. The lowest BCUT2D eigenvalue weighted by Crippen LogP contribution is -2.05. The highest BCUT2D eigenvalue weighted by molar-refractivity contribution is 6.30. The third kappa shape index (κ3) is 4.49. The Kier molecular flexibility index (Phi) is 5.22. The first kappa shape index (κ1) is 15.4. The van der Waals surface area contributed by atoms with Crippen LogP contribution in [0.15, 0.2) is 42.5 Å². The van der Waals surface area contributed by atoms with Crippen LogP contribution >= 0.6 is 11.6 Å². The fourth-order valence-electron chi connectivity index (χ4n) is 1.83. The van der Waals surface area contributed by atoms with E-state index in [4.69, 9.17) is 16.3 Å². The molecule has 3 nitrogen and oxygen atoms in total. The fourth-order valence-corrected chi connectivity index (χ4v) is 2.04. The number of rotatable bonds is 6. The number of anilines is 1. The monoisotopic (exact) mass is 313 g/mol. The van der Waals surface area contributed by atoms with Gasteiger partial charge in [0.25, 0.3) is 0 Å². The molecular formula is C15H14ClF2NO2. The van der Waals surface area contributed by atoms with E-state index >= 15 is 0 Å². The number of hydrogen-bond acceptors (Lipinski definition) is 3. The van der Waals surface area contributed by atoms with E-state index in [1.165, 1.54) is 13.2 Å². The van der Waals surface area contributed by atoms with Gasteiger partial charge in [0.15, 0.2) is 11.5 Å². The largest absolute Gasteiger partial charge is 0.493 e. The van der Waals surface area contributed by atoms with Gasteiger partial charge in [-0.1, -0.05) is 23.7 Å². The van der Waals surface area contributed by atoms with Gasteiger partial charge in [-0.15, -0.1) is 0 Å². The number of methoxy groups -OCH3 is 1. The van der Waals surface area contributed by atoms with Gasteiger partial charge in [-0.2, -0.15) is 8.78 Å². The van der Waals surface area contributed by atoms with Gasteiger partial charge >= 0.3 is 6.61 Å². The molecule has 0 aromatic heterocycles. The average Bonchev–Trinajstić information content (AvgIpc) is 2.45.